The second kappa shape index (κ2) is 8.56. The van der Waals surface area contributed by atoms with Gasteiger partial charge in [-0.05, 0) is 31.0 Å². The van der Waals surface area contributed by atoms with Crippen LogP contribution >= 0.6 is 0 Å². The van der Waals surface area contributed by atoms with Crippen LogP contribution in [0.4, 0.5) is 11.4 Å². The van der Waals surface area contributed by atoms with Crippen LogP contribution in [0.5, 0.6) is 0 Å². The molecule has 1 amide bonds. The van der Waals surface area contributed by atoms with Crippen LogP contribution in [0, 0.1) is 0 Å². The van der Waals surface area contributed by atoms with Crippen molar-refractivity contribution in [3.8, 4) is 0 Å². The van der Waals surface area contributed by atoms with Crippen LogP contribution in [-0.4, -0.2) is 19.5 Å². The van der Waals surface area contributed by atoms with Crippen molar-refractivity contribution < 1.29 is 4.79 Å². The van der Waals surface area contributed by atoms with Gasteiger partial charge in [-0.25, -0.2) is 0 Å². The molecule has 0 aromatic heterocycles. The Kier molecular flexibility index (Phi) is 6.92. The third kappa shape index (κ3) is 4.78. The minimum atomic E-state index is 0.724. The number of benzene rings is 1. The Hall–Kier alpha value is -1.51. The van der Waals surface area contributed by atoms with Crippen LogP contribution < -0.4 is 10.2 Å². The largest absolute Gasteiger partial charge is 0.371 e. The second-order valence-corrected chi connectivity index (χ2v) is 4.51. The van der Waals surface area contributed by atoms with Gasteiger partial charge in [0.15, 0.2) is 0 Å². The minimum Gasteiger partial charge on any atom is -0.371 e. The number of nitrogens with zero attached hydrogens (tertiary/aromatic N) is 1. The SMILES string of the molecule is CCCCN(CCCC)c1cccc(NC=O)c1. The summed E-state index contributed by atoms with van der Waals surface area (Å²) in [6.07, 6.45) is 5.54. The van der Waals surface area contributed by atoms with E-state index >= 15 is 0 Å². The average Bonchev–Trinajstić information content (AvgIpc) is 2.40. The number of rotatable bonds is 9. The number of hydrogen-bond donors (Lipinski definition) is 1. The Morgan fingerprint density at radius 2 is 1.83 bits per heavy atom. The minimum absolute atomic E-state index is 0.724. The average molecular weight is 248 g/mol. The van der Waals surface area contributed by atoms with Gasteiger partial charge in [0.25, 0.3) is 0 Å². The van der Waals surface area contributed by atoms with Gasteiger partial charge >= 0.3 is 0 Å². The predicted octanol–water partition coefficient (Wildman–Crippen LogP) is 3.66. The molecular formula is C15H24N2O. The van der Waals surface area contributed by atoms with Gasteiger partial charge in [-0.15, -0.1) is 0 Å². The van der Waals surface area contributed by atoms with Crippen molar-refractivity contribution in [1.82, 2.24) is 0 Å². The molecule has 0 atom stereocenters. The van der Waals surface area contributed by atoms with E-state index in [-0.39, 0.29) is 0 Å². The molecule has 1 aromatic rings. The summed E-state index contributed by atoms with van der Waals surface area (Å²) in [6.45, 7) is 6.59. The first-order valence-corrected chi connectivity index (χ1v) is 6.87. The lowest BCUT2D eigenvalue weighted by Crippen LogP contribution is -2.25. The van der Waals surface area contributed by atoms with Crippen molar-refractivity contribution in [2.45, 2.75) is 39.5 Å². The summed E-state index contributed by atoms with van der Waals surface area (Å²) in [5.74, 6) is 0. The van der Waals surface area contributed by atoms with Crippen LogP contribution in [-0.2, 0) is 4.79 Å². The first-order chi connectivity index (χ1) is 8.81. The van der Waals surface area contributed by atoms with Gasteiger partial charge < -0.3 is 10.2 Å². The van der Waals surface area contributed by atoms with E-state index in [0.717, 1.165) is 25.2 Å². The highest BCUT2D eigenvalue weighted by Gasteiger charge is 2.05. The number of unbranched alkanes of at least 4 members (excludes halogenated alkanes) is 2. The van der Waals surface area contributed by atoms with E-state index in [9.17, 15) is 4.79 Å². The van der Waals surface area contributed by atoms with Crippen molar-refractivity contribution in [3.05, 3.63) is 24.3 Å². The Labute approximate surface area is 110 Å². The van der Waals surface area contributed by atoms with E-state index in [0.29, 0.717) is 0 Å². The van der Waals surface area contributed by atoms with Gasteiger partial charge in [-0.2, -0.15) is 0 Å². The predicted molar refractivity (Wildman–Crippen MR) is 78.2 cm³/mol. The number of nitrogens with one attached hydrogen (secondary N) is 1. The topological polar surface area (TPSA) is 32.3 Å². The fraction of sp³-hybridized carbons (Fsp3) is 0.533. The molecule has 1 rings (SSSR count). The third-order valence-corrected chi connectivity index (χ3v) is 3.00. The molecule has 0 unspecified atom stereocenters. The van der Waals surface area contributed by atoms with E-state index in [2.05, 4.69) is 30.1 Å². The molecule has 0 heterocycles. The molecule has 0 aliphatic carbocycles. The normalized spacial score (nSPS) is 10.1. The first kappa shape index (κ1) is 14.6. The van der Waals surface area contributed by atoms with Crippen LogP contribution in [0.15, 0.2) is 24.3 Å². The van der Waals surface area contributed by atoms with Crippen LogP contribution in [0.3, 0.4) is 0 Å². The Morgan fingerprint density at radius 3 is 2.39 bits per heavy atom. The number of anilines is 2. The quantitative estimate of drug-likeness (QED) is 0.676. The molecule has 0 bridgehead atoms. The maximum absolute atomic E-state index is 10.5. The van der Waals surface area contributed by atoms with E-state index in [1.54, 1.807) is 0 Å². The highest BCUT2D eigenvalue weighted by Crippen LogP contribution is 2.20. The molecule has 1 N–H and O–H groups in total. The van der Waals surface area contributed by atoms with Crippen LogP contribution in [0.25, 0.3) is 0 Å². The van der Waals surface area contributed by atoms with Gasteiger partial charge in [0, 0.05) is 24.5 Å². The maximum atomic E-state index is 10.5. The molecule has 0 saturated carbocycles. The fourth-order valence-electron chi connectivity index (χ4n) is 1.93. The van der Waals surface area contributed by atoms with Crippen molar-refractivity contribution in [2.24, 2.45) is 0 Å². The van der Waals surface area contributed by atoms with Crippen molar-refractivity contribution in [1.29, 1.82) is 0 Å². The molecule has 0 spiro atoms. The standard InChI is InChI=1S/C15H24N2O/c1-3-5-10-17(11-6-4-2)15-9-7-8-14(12-15)16-13-18/h7-9,12-13H,3-6,10-11H2,1-2H3,(H,16,18). The zero-order valence-electron chi connectivity index (χ0n) is 11.5. The van der Waals surface area contributed by atoms with Crippen molar-refractivity contribution in [3.63, 3.8) is 0 Å². The van der Waals surface area contributed by atoms with Crippen LogP contribution in [0.2, 0.25) is 0 Å². The molecule has 0 aliphatic heterocycles. The molecule has 1 aromatic carbocycles. The lowest BCUT2D eigenvalue weighted by atomic mass is 10.2. The first-order valence-electron chi connectivity index (χ1n) is 6.87. The van der Waals surface area contributed by atoms with Gasteiger partial charge in [-0.3, -0.25) is 4.79 Å². The summed E-state index contributed by atoms with van der Waals surface area (Å²) in [4.78, 5) is 12.9. The van der Waals surface area contributed by atoms with Crippen LogP contribution in [0.1, 0.15) is 39.5 Å². The molecule has 0 aliphatic rings. The third-order valence-electron chi connectivity index (χ3n) is 3.00. The lowest BCUT2D eigenvalue weighted by Gasteiger charge is -2.25. The van der Waals surface area contributed by atoms with Gasteiger partial charge in [0.05, 0.1) is 0 Å². The highest BCUT2D eigenvalue weighted by atomic mass is 16.1. The number of hydrogen-bond acceptors (Lipinski definition) is 2. The van der Waals surface area contributed by atoms with Crippen molar-refractivity contribution >= 4 is 17.8 Å². The Bertz CT molecular complexity index is 344. The highest BCUT2D eigenvalue weighted by molar-refractivity contribution is 5.73. The number of amides is 1. The second-order valence-electron chi connectivity index (χ2n) is 4.51. The molecule has 0 fully saturated rings. The Morgan fingerprint density at radius 1 is 1.17 bits per heavy atom. The summed E-state index contributed by atoms with van der Waals surface area (Å²) in [6, 6.07) is 8.06. The monoisotopic (exact) mass is 248 g/mol. The summed E-state index contributed by atoms with van der Waals surface area (Å²) in [5.41, 5.74) is 2.06. The van der Waals surface area contributed by atoms with E-state index in [1.165, 1.54) is 31.4 Å². The Balaban J connectivity index is 2.74. The molecule has 3 heteroatoms. The maximum Gasteiger partial charge on any atom is 0.211 e. The zero-order chi connectivity index (χ0) is 13.2. The molecular weight excluding hydrogens is 224 g/mol. The summed E-state index contributed by atoms with van der Waals surface area (Å²) in [5, 5.41) is 2.71. The number of carbonyl (C=O) groups is 1. The number of carbonyl (C=O) groups excluding carboxylic acids is 1. The van der Waals surface area contributed by atoms with E-state index < -0.39 is 0 Å². The van der Waals surface area contributed by atoms with Gasteiger partial charge in [0.2, 0.25) is 6.41 Å². The van der Waals surface area contributed by atoms with E-state index in [1.807, 2.05) is 18.2 Å². The molecule has 3 nitrogen and oxygen atoms in total. The smallest absolute Gasteiger partial charge is 0.211 e. The fourth-order valence-corrected chi connectivity index (χ4v) is 1.93. The van der Waals surface area contributed by atoms with E-state index in [4.69, 9.17) is 0 Å². The summed E-state index contributed by atoms with van der Waals surface area (Å²) < 4.78 is 0. The molecule has 18 heavy (non-hydrogen) atoms. The lowest BCUT2D eigenvalue weighted by molar-refractivity contribution is -0.105. The van der Waals surface area contributed by atoms with Gasteiger partial charge in [0.1, 0.15) is 0 Å². The molecule has 0 radical (unpaired) electrons. The summed E-state index contributed by atoms with van der Waals surface area (Å²) in [7, 11) is 0. The molecule has 100 valence electrons. The van der Waals surface area contributed by atoms with Gasteiger partial charge in [-0.1, -0.05) is 32.8 Å². The zero-order valence-corrected chi connectivity index (χ0v) is 11.5. The molecule has 0 saturated heterocycles. The van der Waals surface area contributed by atoms with Crippen molar-refractivity contribution in [2.75, 3.05) is 23.3 Å². The summed E-state index contributed by atoms with van der Waals surface area (Å²) >= 11 is 0.